The average Bonchev–Trinajstić information content (AvgIpc) is 2.49. The molecular weight excluding hydrogens is 280 g/mol. The summed E-state index contributed by atoms with van der Waals surface area (Å²) < 4.78 is 0. The van der Waals surface area contributed by atoms with Gasteiger partial charge in [0.25, 0.3) is 0 Å². The van der Waals surface area contributed by atoms with Crippen LogP contribution >= 0.6 is 11.8 Å². The molecule has 0 aliphatic rings. The molecule has 0 saturated heterocycles. The predicted octanol–water partition coefficient (Wildman–Crippen LogP) is 3.91. The van der Waals surface area contributed by atoms with Gasteiger partial charge in [-0.05, 0) is 50.5 Å². The molecule has 0 unspecified atom stereocenters. The fourth-order valence-corrected chi connectivity index (χ4v) is 2.75. The molecular formula is C16H22N4S. The van der Waals surface area contributed by atoms with Crippen LogP contribution in [-0.2, 0) is 5.75 Å². The van der Waals surface area contributed by atoms with Crippen molar-refractivity contribution in [3.8, 4) is 0 Å². The minimum Gasteiger partial charge on any atom is -0.370 e. The third kappa shape index (κ3) is 4.43. The van der Waals surface area contributed by atoms with Crippen molar-refractivity contribution < 1.29 is 0 Å². The Kier molecular flexibility index (Phi) is 5.56. The number of nitrogens with zero attached hydrogens (tertiary/aromatic N) is 3. The van der Waals surface area contributed by atoms with Gasteiger partial charge in [-0.1, -0.05) is 18.7 Å². The molecule has 1 N–H and O–H groups in total. The van der Waals surface area contributed by atoms with Crippen LogP contribution in [0.4, 0.5) is 5.82 Å². The molecule has 0 atom stereocenters. The van der Waals surface area contributed by atoms with Gasteiger partial charge in [-0.3, -0.25) is 0 Å². The molecule has 0 radical (unpaired) electrons. The van der Waals surface area contributed by atoms with E-state index in [0.29, 0.717) is 0 Å². The Balaban J connectivity index is 2.03. The van der Waals surface area contributed by atoms with E-state index in [4.69, 9.17) is 0 Å². The van der Waals surface area contributed by atoms with Crippen LogP contribution in [0.15, 0.2) is 23.5 Å². The summed E-state index contributed by atoms with van der Waals surface area (Å²) in [5.41, 5.74) is 4.53. The highest BCUT2D eigenvalue weighted by molar-refractivity contribution is 7.98. The number of aryl methyl sites for hydroxylation is 2. The molecule has 0 aromatic carbocycles. The largest absolute Gasteiger partial charge is 0.370 e. The molecule has 0 saturated carbocycles. The Labute approximate surface area is 130 Å². The number of nitrogens with one attached hydrogen (secondary N) is 1. The molecule has 0 aliphatic carbocycles. The van der Waals surface area contributed by atoms with Crippen molar-refractivity contribution in [1.29, 1.82) is 0 Å². The van der Waals surface area contributed by atoms with Gasteiger partial charge in [-0.2, -0.15) is 0 Å². The molecule has 2 aromatic rings. The summed E-state index contributed by atoms with van der Waals surface area (Å²) >= 11 is 1.67. The normalized spacial score (nSPS) is 10.7. The lowest BCUT2D eigenvalue weighted by Gasteiger charge is -2.08. The molecule has 2 rings (SSSR count). The van der Waals surface area contributed by atoms with Crippen LogP contribution in [0.25, 0.3) is 0 Å². The second kappa shape index (κ2) is 7.41. The van der Waals surface area contributed by atoms with E-state index in [1.54, 1.807) is 11.8 Å². The number of hydrogen-bond acceptors (Lipinski definition) is 5. The predicted molar refractivity (Wildman–Crippen MR) is 88.8 cm³/mol. The summed E-state index contributed by atoms with van der Waals surface area (Å²) in [4.78, 5) is 13.4. The van der Waals surface area contributed by atoms with Crippen molar-refractivity contribution in [2.75, 3.05) is 11.9 Å². The molecule has 0 bridgehead atoms. The number of pyridine rings is 1. The summed E-state index contributed by atoms with van der Waals surface area (Å²) in [6.45, 7) is 9.23. The highest BCUT2D eigenvalue weighted by Gasteiger charge is 2.06. The SMILES string of the molecule is CCCNc1cc(CSc2nc(C)c(C)c(C)n2)ccn1. The molecule has 0 spiro atoms. The average molecular weight is 302 g/mol. The van der Waals surface area contributed by atoms with E-state index in [1.165, 1.54) is 11.1 Å². The van der Waals surface area contributed by atoms with Crippen LogP contribution in [-0.4, -0.2) is 21.5 Å². The Bertz CT molecular complexity index is 590. The van der Waals surface area contributed by atoms with E-state index in [0.717, 1.165) is 41.1 Å². The Morgan fingerprint density at radius 3 is 2.52 bits per heavy atom. The first-order valence-electron chi connectivity index (χ1n) is 7.23. The highest BCUT2D eigenvalue weighted by atomic mass is 32.2. The maximum atomic E-state index is 4.54. The molecule has 21 heavy (non-hydrogen) atoms. The maximum absolute atomic E-state index is 4.54. The zero-order valence-electron chi connectivity index (χ0n) is 13.1. The van der Waals surface area contributed by atoms with Gasteiger partial charge < -0.3 is 5.32 Å². The molecule has 0 aliphatic heterocycles. The van der Waals surface area contributed by atoms with E-state index >= 15 is 0 Å². The van der Waals surface area contributed by atoms with Crippen LogP contribution in [0.5, 0.6) is 0 Å². The van der Waals surface area contributed by atoms with Gasteiger partial charge >= 0.3 is 0 Å². The summed E-state index contributed by atoms with van der Waals surface area (Å²) in [6.07, 6.45) is 2.94. The Hall–Kier alpha value is -1.62. The standard InChI is InChI=1S/C16H22N4S/c1-5-7-17-15-9-14(6-8-18-15)10-21-16-19-12(3)11(2)13(4)20-16/h6,8-9H,5,7,10H2,1-4H3,(H,17,18). The minimum atomic E-state index is 0.843. The third-order valence-electron chi connectivity index (χ3n) is 3.36. The first-order chi connectivity index (χ1) is 10.1. The molecule has 0 amide bonds. The molecule has 112 valence electrons. The van der Waals surface area contributed by atoms with Crippen LogP contribution in [0, 0.1) is 20.8 Å². The monoisotopic (exact) mass is 302 g/mol. The van der Waals surface area contributed by atoms with Gasteiger partial charge in [-0.25, -0.2) is 15.0 Å². The zero-order chi connectivity index (χ0) is 15.2. The number of rotatable bonds is 6. The van der Waals surface area contributed by atoms with E-state index in [1.807, 2.05) is 26.1 Å². The van der Waals surface area contributed by atoms with E-state index in [-0.39, 0.29) is 0 Å². The van der Waals surface area contributed by atoms with Crippen LogP contribution < -0.4 is 5.32 Å². The van der Waals surface area contributed by atoms with Gasteiger partial charge in [0.2, 0.25) is 0 Å². The van der Waals surface area contributed by atoms with Crippen LogP contribution in [0.3, 0.4) is 0 Å². The van der Waals surface area contributed by atoms with Crippen molar-refractivity contribution in [3.63, 3.8) is 0 Å². The van der Waals surface area contributed by atoms with E-state index < -0.39 is 0 Å². The van der Waals surface area contributed by atoms with Crippen molar-refractivity contribution in [3.05, 3.63) is 40.8 Å². The Morgan fingerprint density at radius 1 is 1.14 bits per heavy atom. The number of thioether (sulfide) groups is 1. The molecule has 2 aromatic heterocycles. The van der Waals surface area contributed by atoms with Gasteiger partial charge in [0.1, 0.15) is 5.82 Å². The van der Waals surface area contributed by atoms with Gasteiger partial charge in [0.15, 0.2) is 5.16 Å². The lowest BCUT2D eigenvalue weighted by Crippen LogP contribution is -2.02. The Morgan fingerprint density at radius 2 is 1.86 bits per heavy atom. The maximum Gasteiger partial charge on any atom is 0.188 e. The fourth-order valence-electron chi connectivity index (χ4n) is 1.87. The molecule has 0 fully saturated rings. The van der Waals surface area contributed by atoms with E-state index in [9.17, 15) is 0 Å². The topological polar surface area (TPSA) is 50.7 Å². The van der Waals surface area contributed by atoms with Gasteiger partial charge in [0, 0.05) is 29.9 Å². The van der Waals surface area contributed by atoms with Gasteiger partial charge in [0.05, 0.1) is 0 Å². The number of anilines is 1. The first-order valence-corrected chi connectivity index (χ1v) is 8.22. The van der Waals surface area contributed by atoms with Crippen molar-refractivity contribution in [2.45, 2.75) is 45.0 Å². The third-order valence-corrected chi connectivity index (χ3v) is 4.28. The highest BCUT2D eigenvalue weighted by Crippen LogP contribution is 2.22. The second-order valence-electron chi connectivity index (χ2n) is 5.07. The first kappa shape index (κ1) is 15.8. The number of aromatic nitrogens is 3. The number of hydrogen-bond donors (Lipinski definition) is 1. The molecule has 4 nitrogen and oxygen atoms in total. The summed E-state index contributed by atoms with van der Waals surface area (Å²) in [5.74, 6) is 1.79. The van der Waals surface area contributed by atoms with Crippen LogP contribution in [0.1, 0.15) is 35.9 Å². The second-order valence-corrected chi connectivity index (χ2v) is 6.01. The summed E-state index contributed by atoms with van der Waals surface area (Å²) in [5, 5.41) is 4.15. The smallest absolute Gasteiger partial charge is 0.188 e. The lowest BCUT2D eigenvalue weighted by atomic mass is 10.2. The fraction of sp³-hybridized carbons (Fsp3) is 0.438. The van der Waals surface area contributed by atoms with E-state index in [2.05, 4.69) is 40.2 Å². The van der Waals surface area contributed by atoms with Crippen molar-refractivity contribution in [2.24, 2.45) is 0 Å². The lowest BCUT2D eigenvalue weighted by molar-refractivity contribution is 0.880. The van der Waals surface area contributed by atoms with Crippen molar-refractivity contribution in [1.82, 2.24) is 15.0 Å². The van der Waals surface area contributed by atoms with Gasteiger partial charge in [-0.15, -0.1) is 0 Å². The van der Waals surface area contributed by atoms with Crippen molar-refractivity contribution >= 4 is 17.6 Å². The van der Waals surface area contributed by atoms with Crippen LogP contribution in [0.2, 0.25) is 0 Å². The summed E-state index contributed by atoms with van der Waals surface area (Å²) in [7, 11) is 0. The zero-order valence-corrected chi connectivity index (χ0v) is 13.9. The molecule has 2 heterocycles. The quantitative estimate of drug-likeness (QED) is 0.647. The minimum absolute atomic E-state index is 0.843. The molecule has 5 heteroatoms. The summed E-state index contributed by atoms with van der Waals surface area (Å²) in [6, 6.07) is 4.13.